The summed E-state index contributed by atoms with van der Waals surface area (Å²) in [5.74, 6) is 1.51. The number of aromatic nitrogens is 1. The Morgan fingerprint density at radius 1 is 1.33 bits per heavy atom. The lowest BCUT2D eigenvalue weighted by molar-refractivity contribution is 0.346. The maximum absolute atomic E-state index is 4.76. The molecule has 2 fully saturated rings. The van der Waals surface area contributed by atoms with Gasteiger partial charge in [0.1, 0.15) is 0 Å². The van der Waals surface area contributed by atoms with E-state index >= 15 is 0 Å². The summed E-state index contributed by atoms with van der Waals surface area (Å²) in [7, 11) is 0. The molecule has 3 nitrogen and oxygen atoms in total. The van der Waals surface area contributed by atoms with Gasteiger partial charge in [0.25, 0.3) is 0 Å². The van der Waals surface area contributed by atoms with Crippen molar-refractivity contribution in [1.82, 2.24) is 15.6 Å². The minimum Gasteiger partial charge on any atom is -0.316 e. The van der Waals surface area contributed by atoms with E-state index in [1.54, 1.807) is 0 Å². The van der Waals surface area contributed by atoms with Crippen LogP contribution in [0.15, 0.2) is 5.38 Å². The second-order valence-corrected chi connectivity index (χ2v) is 5.53. The molecule has 2 saturated heterocycles. The number of hydrogen-bond donors (Lipinski definition) is 2. The smallest absolute Gasteiger partial charge is 0.0932 e. The molecule has 3 rings (SSSR count). The Balaban J connectivity index is 1.64. The molecule has 0 amide bonds. The average Bonchev–Trinajstić information content (AvgIpc) is 2.82. The number of nitrogens with zero attached hydrogens (tertiary/aromatic N) is 1. The Morgan fingerprint density at radius 2 is 2.27 bits per heavy atom. The highest BCUT2D eigenvalue weighted by molar-refractivity contribution is 7.09. The van der Waals surface area contributed by atoms with Crippen LogP contribution in [0.25, 0.3) is 0 Å². The van der Waals surface area contributed by atoms with Gasteiger partial charge in [-0.1, -0.05) is 0 Å². The van der Waals surface area contributed by atoms with Gasteiger partial charge in [-0.3, -0.25) is 0 Å². The van der Waals surface area contributed by atoms with Gasteiger partial charge in [0.2, 0.25) is 0 Å². The third-order valence-electron chi connectivity index (χ3n) is 3.38. The summed E-state index contributed by atoms with van der Waals surface area (Å²) >= 11 is 1.85. The fraction of sp³-hybridized carbons (Fsp3) is 0.727. The van der Waals surface area contributed by atoms with Crippen LogP contribution in [0.5, 0.6) is 0 Å². The van der Waals surface area contributed by atoms with Gasteiger partial charge in [-0.25, -0.2) is 4.98 Å². The fourth-order valence-electron chi connectivity index (χ4n) is 2.25. The van der Waals surface area contributed by atoms with Crippen molar-refractivity contribution in [3.63, 3.8) is 0 Å². The first-order valence-corrected chi connectivity index (χ1v) is 6.65. The molecule has 1 unspecified atom stereocenters. The Hall–Kier alpha value is -0.450. The quantitative estimate of drug-likeness (QED) is 0.802. The van der Waals surface area contributed by atoms with Crippen LogP contribution in [0.4, 0.5) is 0 Å². The highest BCUT2D eigenvalue weighted by Gasteiger charge is 2.22. The summed E-state index contributed by atoms with van der Waals surface area (Å²) in [4.78, 5) is 4.76. The third-order valence-corrected chi connectivity index (χ3v) is 4.27. The molecule has 2 aliphatic rings. The Labute approximate surface area is 94.3 Å². The fourth-order valence-corrected chi connectivity index (χ4v) is 3.25. The van der Waals surface area contributed by atoms with Gasteiger partial charge >= 0.3 is 0 Å². The van der Waals surface area contributed by atoms with E-state index in [-0.39, 0.29) is 0 Å². The van der Waals surface area contributed by atoms with E-state index in [1.807, 2.05) is 11.3 Å². The summed E-state index contributed by atoms with van der Waals surface area (Å²) in [5.41, 5.74) is 1.33. The summed E-state index contributed by atoms with van der Waals surface area (Å²) in [6.07, 6.45) is 2.44. The van der Waals surface area contributed by atoms with Crippen molar-refractivity contribution in [3.8, 4) is 0 Å². The minimum absolute atomic E-state index is 0.675. The van der Waals surface area contributed by atoms with Crippen molar-refractivity contribution in [1.29, 1.82) is 0 Å². The summed E-state index contributed by atoms with van der Waals surface area (Å²) in [6.45, 7) is 4.64. The van der Waals surface area contributed by atoms with Gasteiger partial charge in [0.15, 0.2) is 0 Å². The molecule has 3 heterocycles. The number of hydrogen-bond acceptors (Lipinski definition) is 4. The van der Waals surface area contributed by atoms with E-state index in [9.17, 15) is 0 Å². The third kappa shape index (κ3) is 2.07. The molecule has 0 radical (unpaired) electrons. The SMILES string of the molecule is c1sc(CC2CNC2)nc1C1CCNC1. The van der Waals surface area contributed by atoms with E-state index in [0.29, 0.717) is 5.92 Å². The zero-order valence-electron chi connectivity index (χ0n) is 8.83. The van der Waals surface area contributed by atoms with Gasteiger partial charge < -0.3 is 10.6 Å². The van der Waals surface area contributed by atoms with Gasteiger partial charge in [0, 0.05) is 24.3 Å². The van der Waals surface area contributed by atoms with Crippen LogP contribution in [0.1, 0.15) is 23.0 Å². The second-order valence-electron chi connectivity index (χ2n) is 4.58. The second kappa shape index (κ2) is 4.20. The minimum atomic E-state index is 0.675. The van der Waals surface area contributed by atoms with Crippen molar-refractivity contribution >= 4 is 11.3 Å². The standard InChI is InChI=1S/C11H17N3S/c1-2-12-6-9(1)10-7-15-11(14-10)3-8-4-13-5-8/h7-9,12-13H,1-6H2. The molecule has 0 aliphatic carbocycles. The maximum Gasteiger partial charge on any atom is 0.0932 e. The van der Waals surface area contributed by atoms with Crippen LogP contribution in [0.3, 0.4) is 0 Å². The summed E-state index contributed by atoms with van der Waals surface area (Å²) in [5, 5.41) is 10.3. The number of nitrogens with one attached hydrogen (secondary N) is 2. The van der Waals surface area contributed by atoms with Crippen LogP contribution in [-0.4, -0.2) is 31.2 Å². The van der Waals surface area contributed by atoms with Crippen LogP contribution >= 0.6 is 11.3 Å². The molecule has 82 valence electrons. The monoisotopic (exact) mass is 223 g/mol. The van der Waals surface area contributed by atoms with Crippen molar-refractivity contribution in [3.05, 3.63) is 16.1 Å². The van der Waals surface area contributed by atoms with Crippen molar-refractivity contribution in [2.75, 3.05) is 26.2 Å². The molecule has 15 heavy (non-hydrogen) atoms. The lowest BCUT2D eigenvalue weighted by atomic mass is 10.00. The van der Waals surface area contributed by atoms with Crippen molar-refractivity contribution < 1.29 is 0 Å². The Morgan fingerprint density at radius 3 is 2.93 bits per heavy atom. The van der Waals surface area contributed by atoms with Crippen LogP contribution < -0.4 is 10.6 Å². The van der Waals surface area contributed by atoms with E-state index < -0.39 is 0 Å². The van der Waals surface area contributed by atoms with Crippen LogP contribution in [-0.2, 0) is 6.42 Å². The van der Waals surface area contributed by atoms with E-state index in [2.05, 4.69) is 16.0 Å². The highest BCUT2D eigenvalue weighted by atomic mass is 32.1. The highest BCUT2D eigenvalue weighted by Crippen LogP contribution is 2.25. The Kier molecular flexibility index (Phi) is 2.73. The predicted octanol–water partition coefficient (Wildman–Crippen LogP) is 0.982. The lowest BCUT2D eigenvalue weighted by Crippen LogP contribution is -2.43. The summed E-state index contributed by atoms with van der Waals surface area (Å²) in [6, 6.07) is 0. The van der Waals surface area contributed by atoms with Crippen LogP contribution in [0, 0.1) is 5.92 Å². The van der Waals surface area contributed by atoms with Gasteiger partial charge in [-0.05, 0) is 32.0 Å². The molecule has 1 atom stereocenters. The zero-order chi connectivity index (χ0) is 10.1. The van der Waals surface area contributed by atoms with Gasteiger partial charge in [-0.2, -0.15) is 0 Å². The van der Waals surface area contributed by atoms with Gasteiger partial charge in [-0.15, -0.1) is 11.3 Å². The molecule has 2 N–H and O–H groups in total. The molecule has 1 aromatic rings. The van der Waals surface area contributed by atoms with E-state index in [4.69, 9.17) is 4.98 Å². The molecular formula is C11H17N3S. The lowest BCUT2D eigenvalue weighted by Gasteiger charge is -2.25. The molecule has 0 saturated carbocycles. The van der Waals surface area contributed by atoms with Crippen LogP contribution in [0.2, 0.25) is 0 Å². The molecule has 4 heteroatoms. The molecule has 0 bridgehead atoms. The first-order valence-electron chi connectivity index (χ1n) is 5.77. The van der Waals surface area contributed by atoms with E-state index in [1.165, 1.54) is 36.6 Å². The molecule has 0 spiro atoms. The zero-order valence-corrected chi connectivity index (χ0v) is 9.65. The Bertz CT molecular complexity index is 326. The number of rotatable bonds is 3. The normalized spacial score (nSPS) is 26.8. The number of thiazole rings is 1. The first kappa shape index (κ1) is 9.75. The molecule has 1 aromatic heterocycles. The van der Waals surface area contributed by atoms with Crippen molar-refractivity contribution in [2.24, 2.45) is 5.92 Å². The predicted molar refractivity (Wildman–Crippen MR) is 62.4 cm³/mol. The van der Waals surface area contributed by atoms with Crippen molar-refractivity contribution in [2.45, 2.75) is 18.8 Å². The molecular weight excluding hydrogens is 206 g/mol. The topological polar surface area (TPSA) is 37.0 Å². The van der Waals surface area contributed by atoms with E-state index in [0.717, 1.165) is 19.0 Å². The summed E-state index contributed by atoms with van der Waals surface area (Å²) < 4.78 is 0. The average molecular weight is 223 g/mol. The largest absolute Gasteiger partial charge is 0.316 e. The molecule has 0 aromatic carbocycles. The van der Waals surface area contributed by atoms with Gasteiger partial charge in [0.05, 0.1) is 10.7 Å². The first-order chi connectivity index (χ1) is 7.42. The maximum atomic E-state index is 4.76. The molecule has 2 aliphatic heterocycles.